The molecule has 26 heavy (non-hydrogen) atoms. The van der Waals surface area contributed by atoms with Gasteiger partial charge in [-0.1, -0.05) is 24.3 Å². The van der Waals surface area contributed by atoms with Gasteiger partial charge in [-0.15, -0.1) is 11.3 Å². The number of pyridine rings is 2. The fourth-order valence-corrected chi connectivity index (χ4v) is 3.97. The maximum absolute atomic E-state index is 11.0. The lowest BCUT2D eigenvalue weighted by atomic mass is 10.0. The highest BCUT2D eigenvalue weighted by atomic mass is 32.1. The van der Waals surface area contributed by atoms with Gasteiger partial charge in [0.2, 0.25) is 0 Å². The average Bonchev–Trinajstić information content (AvgIpc) is 3.08. The van der Waals surface area contributed by atoms with Crippen LogP contribution >= 0.6 is 11.3 Å². The van der Waals surface area contributed by atoms with E-state index in [4.69, 9.17) is 0 Å². The van der Waals surface area contributed by atoms with Crippen LogP contribution in [-0.2, 0) is 0 Å². The quantitative estimate of drug-likeness (QED) is 0.523. The molecule has 0 bridgehead atoms. The number of aromatic nitrogens is 2. The van der Waals surface area contributed by atoms with Crippen molar-refractivity contribution in [2.45, 2.75) is 19.9 Å². The Labute approximate surface area is 156 Å². The number of anilines is 1. The molecule has 1 aromatic carbocycles. The van der Waals surface area contributed by atoms with E-state index in [1.165, 1.54) is 4.88 Å². The van der Waals surface area contributed by atoms with Crippen LogP contribution in [0.3, 0.4) is 0 Å². The molecule has 0 fully saturated rings. The number of aromatic hydroxyl groups is 1. The summed E-state index contributed by atoms with van der Waals surface area (Å²) in [6, 6.07) is 17.6. The Morgan fingerprint density at radius 3 is 2.58 bits per heavy atom. The predicted octanol–water partition coefficient (Wildman–Crippen LogP) is 5.22. The predicted molar refractivity (Wildman–Crippen MR) is 107 cm³/mol. The molecule has 4 nitrogen and oxygen atoms in total. The molecule has 0 saturated carbocycles. The minimum absolute atomic E-state index is 0.199. The second kappa shape index (κ2) is 6.77. The summed E-state index contributed by atoms with van der Waals surface area (Å²) in [5.74, 6) is 0.978. The fourth-order valence-electron chi connectivity index (χ4n) is 3.03. The Morgan fingerprint density at radius 2 is 1.85 bits per heavy atom. The van der Waals surface area contributed by atoms with Crippen molar-refractivity contribution in [2.75, 3.05) is 5.32 Å². The third-order valence-corrected chi connectivity index (χ3v) is 5.39. The molecular formula is C21H19N3OS. The smallest absolute Gasteiger partial charge is 0.147 e. The van der Waals surface area contributed by atoms with E-state index < -0.39 is 0 Å². The van der Waals surface area contributed by atoms with Crippen molar-refractivity contribution >= 4 is 28.1 Å². The molecule has 2 N–H and O–H groups in total. The highest BCUT2D eigenvalue weighted by Gasteiger charge is 2.21. The lowest BCUT2D eigenvalue weighted by Gasteiger charge is -2.20. The van der Waals surface area contributed by atoms with E-state index in [2.05, 4.69) is 34.3 Å². The Bertz CT molecular complexity index is 1060. The van der Waals surface area contributed by atoms with Crippen molar-refractivity contribution < 1.29 is 5.11 Å². The number of benzene rings is 1. The number of phenolic OH excluding ortho intramolecular Hbond substituents is 1. The molecule has 0 aliphatic heterocycles. The summed E-state index contributed by atoms with van der Waals surface area (Å²) < 4.78 is 0. The van der Waals surface area contributed by atoms with E-state index in [0.717, 1.165) is 27.3 Å². The van der Waals surface area contributed by atoms with Crippen LogP contribution in [0.25, 0.3) is 10.9 Å². The van der Waals surface area contributed by atoms with Crippen molar-refractivity contribution in [3.63, 3.8) is 0 Å². The first-order chi connectivity index (χ1) is 12.6. The molecule has 0 aliphatic carbocycles. The zero-order valence-corrected chi connectivity index (χ0v) is 15.4. The summed E-state index contributed by atoms with van der Waals surface area (Å²) in [5, 5.41) is 15.4. The van der Waals surface area contributed by atoms with Crippen LogP contribution in [0.4, 0.5) is 5.82 Å². The summed E-state index contributed by atoms with van der Waals surface area (Å²) in [6.07, 6.45) is 1.75. The highest BCUT2D eigenvalue weighted by molar-refractivity contribution is 7.12. The number of nitrogens with zero attached hydrogens (tertiary/aromatic N) is 2. The standard InChI is InChI=1S/C21H19N3OS/c1-13-6-8-15-9-10-16(21(25)19(15)23-13)20(17-11-7-14(2)26-17)24-18-5-3-4-12-22-18/h3-12,20,25H,1-2H3,(H,22,24)/t20-/m0/s1. The van der Waals surface area contributed by atoms with Crippen LogP contribution in [0.1, 0.15) is 27.1 Å². The van der Waals surface area contributed by atoms with Crippen LogP contribution in [0, 0.1) is 13.8 Å². The third kappa shape index (κ3) is 3.13. The van der Waals surface area contributed by atoms with Gasteiger partial charge in [0.25, 0.3) is 0 Å². The number of phenols is 1. The van der Waals surface area contributed by atoms with Gasteiger partial charge in [0, 0.05) is 32.6 Å². The zero-order valence-electron chi connectivity index (χ0n) is 14.6. The van der Waals surface area contributed by atoms with Gasteiger partial charge in [0.1, 0.15) is 17.1 Å². The number of hydrogen-bond donors (Lipinski definition) is 2. The number of thiophene rings is 1. The Morgan fingerprint density at radius 1 is 1.00 bits per heavy atom. The molecule has 0 unspecified atom stereocenters. The van der Waals surface area contributed by atoms with Crippen molar-refractivity contribution in [2.24, 2.45) is 0 Å². The van der Waals surface area contributed by atoms with Crippen molar-refractivity contribution in [1.82, 2.24) is 9.97 Å². The first kappa shape index (κ1) is 16.5. The van der Waals surface area contributed by atoms with Crippen LogP contribution in [-0.4, -0.2) is 15.1 Å². The monoisotopic (exact) mass is 361 g/mol. The molecule has 3 heterocycles. The minimum atomic E-state index is -0.199. The summed E-state index contributed by atoms with van der Waals surface area (Å²) >= 11 is 1.71. The van der Waals surface area contributed by atoms with E-state index in [0.29, 0.717) is 5.52 Å². The lowest BCUT2D eigenvalue weighted by Crippen LogP contribution is -2.12. The summed E-state index contributed by atoms with van der Waals surface area (Å²) in [5.41, 5.74) is 2.30. The second-order valence-electron chi connectivity index (χ2n) is 6.27. The lowest BCUT2D eigenvalue weighted by molar-refractivity contribution is 0.472. The van der Waals surface area contributed by atoms with Gasteiger partial charge < -0.3 is 10.4 Å². The molecule has 5 heteroatoms. The molecule has 0 radical (unpaired) electrons. The average molecular weight is 361 g/mol. The Balaban J connectivity index is 1.85. The maximum atomic E-state index is 11.0. The van der Waals surface area contributed by atoms with Crippen LogP contribution in [0.5, 0.6) is 5.75 Å². The Hall–Kier alpha value is -2.92. The topological polar surface area (TPSA) is 58.0 Å². The van der Waals surface area contributed by atoms with E-state index >= 15 is 0 Å². The van der Waals surface area contributed by atoms with Crippen LogP contribution < -0.4 is 5.32 Å². The SMILES string of the molecule is Cc1ccc2ccc([C@H](Nc3ccccn3)c3ccc(C)s3)c(O)c2n1. The summed E-state index contributed by atoms with van der Waals surface area (Å²) in [4.78, 5) is 11.3. The van der Waals surface area contributed by atoms with E-state index in [9.17, 15) is 5.11 Å². The fraction of sp³-hybridized carbons (Fsp3) is 0.143. The molecular weight excluding hydrogens is 342 g/mol. The number of rotatable bonds is 4. The number of aryl methyl sites for hydroxylation is 2. The summed E-state index contributed by atoms with van der Waals surface area (Å²) in [6.45, 7) is 4.01. The molecule has 0 amide bonds. The van der Waals surface area contributed by atoms with Crippen LogP contribution in [0.15, 0.2) is 60.8 Å². The van der Waals surface area contributed by atoms with E-state index in [-0.39, 0.29) is 11.8 Å². The van der Waals surface area contributed by atoms with Crippen molar-refractivity contribution in [1.29, 1.82) is 0 Å². The maximum Gasteiger partial charge on any atom is 0.147 e. The zero-order chi connectivity index (χ0) is 18.1. The molecule has 4 rings (SSSR count). The second-order valence-corrected chi connectivity index (χ2v) is 7.59. The number of fused-ring (bicyclic) bond motifs is 1. The van der Waals surface area contributed by atoms with Gasteiger partial charge in [0.05, 0.1) is 6.04 Å². The molecule has 130 valence electrons. The normalized spacial score (nSPS) is 12.2. The Kier molecular flexibility index (Phi) is 4.31. The van der Waals surface area contributed by atoms with Gasteiger partial charge in [-0.3, -0.25) is 0 Å². The largest absolute Gasteiger partial charge is 0.505 e. The van der Waals surface area contributed by atoms with Crippen LogP contribution in [0.2, 0.25) is 0 Å². The van der Waals surface area contributed by atoms with Crippen molar-refractivity contribution in [3.05, 3.63) is 81.8 Å². The highest BCUT2D eigenvalue weighted by Crippen LogP contribution is 2.38. The molecule has 1 atom stereocenters. The van der Waals surface area contributed by atoms with E-state index in [1.54, 1.807) is 17.5 Å². The first-order valence-corrected chi connectivity index (χ1v) is 9.26. The molecule has 0 aliphatic rings. The van der Waals surface area contributed by atoms with Crippen molar-refractivity contribution in [3.8, 4) is 5.75 Å². The number of nitrogens with one attached hydrogen (secondary N) is 1. The van der Waals surface area contributed by atoms with E-state index in [1.807, 2.05) is 49.4 Å². The van der Waals surface area contributed by atoms with Gasteiger partial charge in [0.15, 0.2) is 0 Å². The molecule has 3 aromatic heterocycles. The number of hydrogen-bond acceptors (Lipinski definition) is 5. The minimum Gasteiger partial charge on any atom is -0.505 e. The van der Waals surface area contributed by atoms with Gasteiger partial charge in [-0.25, -0.2) is 9.97 Å². The van der Waals surface area contributed by atoms with Gasteiger partial charge in [-0.05, 0) is 44.2 Å². The third-order valence-electron chi connectivity index (χ3n) is 4.32. The summed E-state index contributed by atoms with van der Waals surface area (Å²) in [7, 11) is 0. The van der Waals surface area contributed by atoms with Gasteiger partial charge >= 0.3 is 0 Å². The molecule has 0 spiro atoms. The molecule has 4 aromatic rings. The first-order valence-electron chi connectivity index (χ1n) is 8.45. The van der Waals surface area contributed by atoms with Gasteiger partial charge in [-0.2, -0.15) is 0 Å². The molecule has 0 saturated heterocycles.